The topological polar surface area (TPSA) is 86.8 Å². The van der Waals surface area contributed by atoms with Gasteiger partial charge in [-0.25, -0.2) is 8.42 Å². The Hall–Kier alpha value is -3.36. The van der Waals surface area contributed by atoms with Crippen LogP contribution in [-0.2, 0) is 26.2 Å². The van der Waals surface area contributed by atoms with Crippen LogP contribution in [0.5, 0.6) is 0 Å². The highest BCUT2D eigenvalue weighted by Crippen LogP contribution is 2.26. The Morgan fingerprint density at radius 2 is 1.45 bits per heavy atom. The van der Waals surface area contributed by atoms with Crippen molar-refractivity contribution in [2.24, 2.45) is 0 Å². The first-order valence-corrected chi connectivity index (χ1v) is 14.5. The predicted octanol–water partition coefficient (Wildman–Crippen LogP) is 5.26. The summed E-state index contributed by atoms with van der Waals surface area (Å²) in [6.45, 7) is 5.38. The van der Waals surface area contributed by atoms with Gasteiger partial charge in [0.25, 0.3) is 10.0 Å². The van der Waals surface area contributed by atoms with Crippen molar-refractivity contribution in [3.63, 3.8) is 0 Å². The molecule has 0 spiro atoms. The highest BCUT2D eigenvalue weighted by Gasteiger charge is 2.33. The SMILES string of the molecule is CCC(C)NC(=O)C(CC)N(Cc1ccccc1)C(=O)CN(c1ccc(Cl)cc1)S(=O)(=O)c1ccccc1. The molecule has 0 radical (unpaired) electrons. The van der Waals surface area contributed by atoms with Crippen molar-refractivity contribution in [3.8, 4) is 0 Å². The second-order valence-corrected chi connectivity index (χ2v) is 11.3. The molecule has 3 aromatic rings. The smallest absolute Gasteiger partial charge is 0.264 e. The fraction of sp³-hybridized carbons (Fsp3) is 0.310. The molecule has 38 heavy (non-hydrogen) atoms. The predicted molar refractivity (Wildman–Crippen MR) is 151 cm³/mol. The molecule has 0 aliphatic rings. The molecule has 0 heterocycles. The molecule has 0 aromatic heterocycles. The molecule has 0 saturated carbocycles. The monoisotopic (exact) mass is 555 g/mol. The average Bonchev–Trinajstić information content (AvgIpc) is 2.93. The number of anilines is 1. The van der Waals surface area contributed by atoms with E-state index in [1.54, 1.807) is 42.5 Å². The molecule has 0 fully saturated rings. The fourth-order valence-corrected chi connectivity index (χ4v) is 5.56. The van der Waals surface area contributed by atoms with Crippen LogP contribution >= 0.6 is 11.6 Å². The summed E-state index contributed by atoms with van der Waals surface area (Å²) in [5.74, 6) is -0.760. The Labute approximate surface area is 230 Å². The quantitative estimate of drug-likeness (QED) is 0.330. The largest absolute Gasteiger partial charge is 0.352 e. The van der Waals surface area contributed by atoms with Crippen LogP contribution < -0.4 is 9.62 Å². The lowest BCUT2D eigenvalue weighted by Gasteiger charge is -2.33. The standard InChI is InChI=1S/C29H34ClN3O4S/c1-4-22(3)31-29(35)27(5-2)32(20-23-12-8-6-9-13-23)28(34)21-33(25-18-16-24(30)17-19-25)38(36,37)26-14-10-7-11-15-26/h6-19,22,27H,4-5,20-21H2,1-3H3,(H,31,35). The first kappa shape index (κ1) is 29.2. The number of hydrogen-bond donors (Lipinski definition) is 1. The van der Waals surface area contributed by atoms with Crippen LogP contribution in [0.25, 0.3) is 0 Å². The van der Waals surface area contributed by atoms with Crippen LogP contribution in [0.1, 0.15) is 39.2 Å². The van der Waals surface area contributed by atoms with Crippen molar-refractivity contribution in [1.29, 1.82) is 0 Å². The van der Waals surface area contributed by atoms with Gasteiger partial charge in [-0.3, -0.25) is 13.9 Å². The third kappa shape index (κ3) is 7.36. The number of amides is 2. The van der Waals surface area contributed by atoms with E-state index < -0.39 is 28.5 Å². The highest BCUT2D eigenvalue weighted by atomic mass is 35.5. The maximum atomic E-state index is 14.0. The van der Waals surface area contributed by atoms with Crippen molar-refractivity contribution in [2.45, 2.75) is 57.1 Å². The van der Waals surface area contributed by atoms with Crippen molar-refractivity contribution in [3.05, 3.63) is 95.5 Å². The highest BCUT2D eigenvalue weighted by molar-refractivity contribution is 7.92. The number of carbonyl (C=O) groups is 2. The van der Waals surface area contributed by atoms with Crippen molar-refractivity contribution in [2.75, 3.05) is 10.8 Å². The van der Waals surface area contributed by atoms with Gasteiger partial charge < -0.3 is 10.2 Å². The Morgan fingerprint density at radius 1 is 0.868 bits per heavy atom. The number of hydrogen-bond acceptors (Lipinski definition) is 4. The number of nitrogens with one attached hydrogen (secondary N) is 1. The van der Waals surface area contributed by atoms with Gasteiger partial charge in [0, 0.05) is 17.6 Å². The first-order valence-electron chi connectivity index (χ1n) is 12.6. The Balaban J connectivity index is 2.02. The molecule has 3 rings (SSSR count). The number of carbonyl (C=O) groups excluding carboxylic acids is 2. The zero-order valence-electron chi connectivity index (χ0n) is 21.9. The number of halogens is 1. The van der Waals surface area contributed by atoms with Gasteiger partial charge in [-0.2, -0.15) is 0 Å². The normalized spacial score (nSPS) is 12.8. The maximum Gasteiger partial charge on any atom is 0.264 e. The Bertz CT molecular complexity index is 1300. The Kier molecular flexibility index (Phi) is 10.3. The number of rotatable bonds is 12. The number of sulfonamides is 1. The minimum absolute atomic E-state index is 0.0546. The van der Waals surface area contributed by atoms with E-state index in [9.17, 15) is 18.0 Å². The van der Waals surface area contributed by atoms with Crippen LogP contribution in [0.15, 0.2) is 89.8 Å². The lowest BCUT2D eigenvalue weighted by molar-refractivity contribution is -0.140. The summed E-state index contributed by atoms with van der Waals surface area (Å²) in [5, 5.41) is 3.41. The molecule has 2 atom stereocenters. The molecule has 202 valence electrons. The third-order valence-corrected chi connectivity index (χ3v) is 8.35. The van der Waals surface area contributed by atoms with E-state index in [4.69, 9.17) is 11.6 Å². The third-order valence-electron chi connectivity index (χ3n) is 6.31. The summed E-state index contributed by atoms with van der Waals surface area (Å²) in [7, 11) is -4.10. The maximum absolute atomic E-state index is 14.0. The molecule has 0 aliphatic carbocycles. The van der Waals surface area contributed by atoms with E-state index in [1.807, 2.05) is 51.1 Å². The van der Waals surface area contributed by atoms with Gasteiger partial charge in [-0.05, 0) is 61.7 Å². The minimum atomic E-state index is -4.10. The second kappa shape index (κ2) is 13.4. The van der Waals surface area contributed by atoms with E-state index in [0.717, 1.165) is 16.3 Å². The van der Waals surface area contributed by atoms with E-state index in [0.29, 0.717) is 17.1 Å². The summed E-state index contributed by atoms with van der Waals surface area (Å²) in [6.07, 6.45) is 1.11. The molecule has 2 unspecified atom stereocenters. The lowest BCUT2D eigenvalue weighted by atomic mass is 10.1. The molecule has 9 heteroatoms. The van der Waals surface area contributed by atoms with Gasteiger partial charge in [0.15, 0.2) is 0 Å². The van der Waals surface area contributed by atoms with Gasteiger partial charge in [-0.15, -0.1) is 0 Å². The van der Waals surface area contributed by atoms with Crippen molar-refractivity contribution < 1.29 is 18.0 Å². The van der Waals surface area contributed by atoms with Crippen LogP contribution in [0.3, 0.4) is 0 Å². The summed E-state index contributed by atoms with van der Waals surface area (Å²) in [5.41, 5.74) is 1.13. The molecule has 0 saturated heterocycles. The van der Waals surface area contributed by atoms with Crippen LogP contribution in [0, 0.1) is 0 Å². The summed E-state index contributed by atoms with van der Waals surface area (Å²) >= 11 is 6.06. The van der Waals surface area contributed by atoms with E-state index in [-0.39, 0.29) is 23.4 Å². The lowest BCUT2D eigenvalue weighted by Crippen LogP contribution is -2.53. The zero-order chi connectivity index (χ0) is 27.7. The number of benzene rings is 3. The van der Waals surface area contributed by atoms with Gasteiger partial charge in [0.1, 0.15) is 12.6 Å². The molecular formula is C29H34ClN3O4S. The van der Waals surface area contributed by atoms with Gasteiger partial charge in [0.05, 0.1) is 10.6 Å². The fourth-order valence-electron chi connectivity index (χ4n) is 4.00. The van der Waals surface area contributed by atoms with E-state index in [2.05, 4.69) is 5.32 Å². The molecule has 3 aromatic carbocycles. The van der Waals surface area contributed by atoms with Crippen molar-refractivity contribution in [1.82, 2.24) is 10.2 Å². The van der Waals surface area contributed by atoms with Gasteiger partial charge in [0.2, 0.25) is 11.8 Å². The molecule has 2 amide bonds. The molecule has 7 nitrogen and oxygen atoms in total. The van der Waals surface area contributed by atoms with Gasteiger partial charge >= 0.3 is 0 Å². The number of nitrogens with zero attached hydrogens (tertiary/aromatic N) is 2. The van der Waals surface area contributed by atoms with E-state index in [1.165, 1.54) is 17.0 Å². The molecule has 0 aliphatic heterocycles. The van der Waals surface area contributed by atoms with Crippen LogP contribution in [-0.4, -0.2) is 43.8 Å². The summed E-state index contributed by atoms with van der Waals surface area (Å²) in [6, 6.07) is 22.7. The van der Waals surface area contributed by atoms with Gasteiger partial charge in [-0.1, -0.05) is 74.0 Å². The van der Waals surface area contributed by atoms with E-state index >= 15 is 0 Å². The molecular weight excluding hydrogens is 522 g/mol. The second-order valence-electron chi connectivity index (χ2n) is 9.05. The summed E-state index contributed by atoms with van der Waals surface area (Å²) < 4.78 is 28.5. The average molecular weight is 556 g/mol. The minimum Gasteiger partial charge on any atom is -0.352 e. The van der Waals surface area contributed by atoms with Crippen molar-refractivity contribution >= 4 is 39.1 Å². The zero-order valence-corrected chi connectivity index (χ0v) is 23.5. The molecule has 0 bridgehead atoms. The first-order chi connectivity index (χ1) is 18.2. The van der Waals surface area contributed by atoms with Crippen LogP contribution in [0.2, 0.25) is 5.02 Å². The van der Waals surface area contributed by atoms with Crippen LogP contribution in [0.4, 0.5) is 5.69 Å². The summed E-state index contributed by atoms with van der Waals surface area (Å²) in [4.78, 5) is 28.7. The molecule has 1 N–H and O–H groups in total. The Morgan fingerprint density at radius 3 is 2.00 bits per heavy atom.